The minimum atomic E-state index is -0.125. The molecule has 5 heteroatoms. The predicted molar refractivity (Wildman–Crippen MR) is 263 cm³/mol. The summed E-state index contributed by atoms with van der Waals surface area (Å²) in [5, 5.41) is 6.04. The molecule has 294 valence electrons. The molecule has 0 unspecified atom stereocenters. The molecule has 0 saturated carbocycles. The van der Waals surface area contributed by atoms with Crippen molar-refractivity contribution in [3.8, 4) is 22.3 Å². The number of fused-ring (bicyclic) bond motifs is 12. The lowest BCUT2D eigenvalue weighted by molar-refractivity contribution is 0.590. The van der Waals surface area contributed by atoms with Crippen LogP contribution in [0.2, 0.25) is 0 Å². The number of anilines is 5. The van der Waals surface area contributed by atoms with E-state index in [-0.39, 0.29) is 17.7 Å². The van der Waals surface area contributed by atoms with Gasteiger partial charge in [-0.05, 0) is 104 Å². The third-order valence-electron chi connectivity index (χ3n) is 13.1. The lowest BCUT2D eigenvalue weighted by Gasteiger charge is -2.45. The first-order valence-electron chi connectivity index (χ1n) is 21.5. The van der Waals surface area contributed by atoms with Gasteiger partial charge in [0.05, 0.1) is 16.8 Å². The zero-order valence-corrected chi connectivity index (χ0v) is 36.2. The molecule has 10 aromatic rings. The Morgan fingerprint density at radius 2 is 1.20 bits per heavy atom. The number of furan rings is 1. The van der Waals surface area contributed by atoms with Gasteiger partial charge in [-0.15, -0.1) is 11.3 Å². The van der Waals surface area contributed by atoms with Crippen LogP contribution in [-0.2, 0) is 10.8 Å². The van der Waals surface area contributed by atoms with Gasteiger partial charge in [0.25, 0.3) is 0 Å². The highest BCUT2D eigenvalue weighted by atomic mass is 32.1. The van der Waals surface area contributed by atoms with Gasteiger partial charge in [-0.3, -0.25) is 0 Å². The van der Waals surface area contributed by atoms with Crippen LogP contribution >= 0.6 is 11.3 Å². The second-order valence-electron chi connectivity index (χ2n) is 18.9. The molecule has 0 amide bonds. The minimum absolute atomic E-state index is 0.0211. The molecule has 3 nitrogen and oxygen atoms in total. The zero-order chi connectivity index (χ0) is 41.4. The smallest absolute Gasteiger partial charge is 0.343 e. The van der Waals surface area contributed by atoms with Gasteiger partial charge in [0, 0.05) is 48.4 Å². The summed E-state index contributed by atoms with van der Waals surface area (Å²) in [7, 11) is 0. The first-order valence-corrected chi connectivity index (χ1v) is 22.3. The summed E-state index contributed by atoms with van der Waals surface area (Å²) in [5.74, 6) is 0. The van der Waals surface area contributed by atoms with E-state index in [0.717, 1.165) is 27.6 Å². The van der Waals surface area contributed by atoms with Crippen LogP contribution in [0.4, 0.5) is 28.4 Å². The quantitative estimate of drug-likeness (QED) is 0.166. The van der Waals surface area contributed by atoms with Crippen molar-refractivity contribution in [2.75, 3.05) is 9.71 Å². The molecule has 2 aliphatic rings. The molecule has 0 radical (unpaired) electrons. The number of benzene rings is 8. The van der Waals surface area contributed by atoms with E-state index in [1.807, 2.05) is 11.3 Å². The van der Waals surface area contributed by atoms with Gasteiger partial charge in [-0.1, -0.05) is 151 Å². The molecule has 0 saturated heterocycles. The number of hydrogen-bond acceptors (Lipinski definition) is 4. The molecule has 0 spiro atoms. The van der Waals surface area contributed by atoms with E-state index in [0.29, 0.717) is 0 Å². The van der Waals surface area contributed by atoms with Crippen molar-refractivity contribution < 1.29 is 4.42 Å². The fourth-order valence-electron chi connectivity index (χ4n) is 10.1. The van der Waals surface area contributed by atoms with Crippen molar-refractivity contribution >= 4 is 99.7 Å². The molecular weight excluding hydrogens is 760 g/mol. The highest BCUT2D eigenvalue weighted by Gasteiger charge is 2.48. The average Bonchev–Trinajstić information content (AvgIpc) is 3.85. The van der Waals surface area contributed by atoms with Crippen LogP contribution in [0, 0.1) is 0 Å². The van der Waals surface area contributed by atoms with Gasteiger partial charge < -0.3 is 14.1 Å². The molecule has 2 aromatic heterocycles. The van der Waals surface area contributed by atoms with Gasteiger partial charge in [-0.2, -0.15) is 0 Å². The fraction of sp³-hybridized carbons (Fsp3) is 0.143. The minimum Gasteiger partial charge on any atom is -0.456 e. The second-order valence-corrected chi connectivity index (χ2v) is 20.0. The molecule has 0 N–H and O–H groups in total. The zero-order valence-electron chi connectivity index (χ0n) is 35.4. The van der Waals surface area contributed by atoms with Crippen molar-refractivity contribution in [3.63, 3.8) is 0 Å². The van der Waals surface area contributed by atoms with Crippen molar-refractivity contribution in [1.82, 2.24) is 0 Å². The number of rotatable bonds is 3. The normalized spacial score (nSPS) is 13.6. The number of hydrogen-bond donors (Lipinski definition) is 0. The summed E-state index contributed by atoms with van der Waals surface area (Å²) in [6.07, 6.45) is 0. The molecule has 12 rings (SSSR count). The van der Waals surface area contributed by atoms with E-state index in [9.17, 15) is 0 Å². The highest BCUT2D eigenvalue weighted by Crippen LogP contribution is 2.55. The van der Waals surface area contributed by atoms with E-state index in [1.54, 1.807) is 0 Å². The second kappa shape index (κ2) is 13.0. The summed E-state index contributed by atoms with van der Waals surface area (Å²) in [6, 6.07) is 61.1. The Labute approximate surface area is 361 Å². The number of nitrogens with zero attached hydrogens (tertiary/aromatic N) is 2. The van der Waals surface area contributed by atoms with Crippen LogP contribution in [0.25, 0.3) is 65.1 Å². The van der Waals surface area contributed by atoms with Crippen LogP contribution in [-0.4, -0.2) is 6.85 Å². The SMILES string of the molecule is CC(C)(C)c1ccc(N2B3c4sc5ccccc5c4N(c4ccc(C(C)(C)C)cc4-c4ccccc4)c4cc5ccccc5c(c43)-c3ccc4oc5ccccc5c4c32)cc1. The Bertz CT molecular complexity index is 3400. The molecule has 2 aliphatic heterocycles. The lowest BCUT2D eigenvalue weighted by Crippen LogP contribution is -2.60. The molecule has 0 atom stereocenters. The maximum Gasteiger partial charge on any atom is 0.343 e. The molecule has 0 fully saturated rings. The topological polar surface area (TPSA) is 19.6 Å². The number of para-hydroxylation sites is 1. The van der Waals surface area contributed by atoms with E-state index in [4.69, 9.17) is 4.42 Å². The molecule has 8 aromatic carbocycles. The van der Waals surface area contributed by atoms with Gasteiger partial charge in [-0.25, -0.2) is 0 Å². The average molecular weight is 805 g/mol. The molecule has 61 heavy (non-hydrogen) atoms. The summed E-state index contributed by atoms with van der Waals surface area (Å²) < 4.78 is 9.31. The van der Waals surface area contributed by atoms with Crippen molar-refractivity contribution in [2.24, 2.45) is 0 Å². The van der Waals surface area contributed by atoms with E-state index >= 15 is 0 Å². The van der Waals surface area contributed by atoms with Crippen LogP contribution in [0.1, 0.15) is 52.7 Å². The largest absolute Gasteiger partial charge is 0.456 e. The highest BCUT2D eigenvalue weighted by molar-refractivity contribution is 7.32. The fourth-order valence-corrected chi connectivity index (χ4v) is 11.4. The molecule has 0 aliphatic carbocycles. The van der Waals surface area contributed by atoms with Crippen LogP contribution in [0.15, 0.2) is 168 Å². The summed E-state index contributed by atoms with van der Waals surface area (Å²) >= 11 is 1.94. The van der Waals surface area contributed by atoms with Crippen molar-refractivity contribution in [2.45, 2.75) is 52.4 Å². The summed E-state index contributed by atoms with van der Waals surface area (Å²) in [6.45, 7) is 13.7. The Hall–Kier alpha value is -6.56. The Morgan fingerprint density at radius 1 is 0.525 bits per heavy atom. The summed E-state index contributed by atoms with van der Waals surface area (Å²) in [4.78, 5) is 5.29. The molecule has 4 heterocycles. The maximum absolute atomic E-state index is 6.70. The Balaban J connectivity index is 1.27. The Kier molecular flexibility index (Phi) is 7.72. The van der Waals surface area contributed by atoms with E-state index < -0.39 is 0 Å². The van der Waals surface area contributed by atoms with Crippen molar-refractivity contribution in [3.05, 3.63) is 175 Å². The van der Waals surface area contributed by atoms with E-state index in [1.165, 1.54) is 87.2 Å². The van der Waals surface area contributed by atoms with Gasteiger partial charge >= 0.3 is 6.85 Å². The first kappa shape index (κ1) is 36.3. The molecular formula is C56H45BN2OS. The van der Waals surface area contributed by atoms with Gasteiger partial charge in [0.15, 0.2) is 0 Å². The monoisotopic (exact) mass is 804 g/mol. The lowest BCUT2D eigenvalue weighted by atomic mass is 9.46. The molecule has 0 bridgehead atoms. The Morgan fingerprint density at radius 3 is 1.97 bits per heavy atom. The van der Waals surface area contributed by atoms with Crippen LogP contribution in [0.3, 0.4) is 0 Å². The maximum atomic E-state index is 6.70. The summed E-state index contributed by atoms with van der Waals surface area (Å²) in [5.41, 5.74) is 16.7. The van der Waals surface area contributed by atoms with Gasteiger partial charge in [0.1, 0.15) is 11.2 Å². The number of thiophene rings is 1. The van der Waals surface area contributed by atoms with Gasteiger partial charge in [0.2, 0.25) is 0 Å². The van der Waals surface area contributed by atoms with E-state index in [2.05, 4.69) is 215 Å². The van der Waals surface area contributed by atoms with Crippen LogP contribution < -0.4 is 20.0 Å². The van der Waals surface area contributed by atoms with Crippen molar-refractivity contribution in [1.29, 1.82) is 0 Å². The van der Waals surface area contributed by atoms with Crippen LogP contribution in [0.5, 0.6) is 0 Å². The predicted octanol–water partition coefficient (Wildman–Crippen LogP) is 14.9. The third kappa shape index (κ3) is 5.36. The standard InChI is InChI=1S/C56H45BN2OS/c1-55(2,3)36-24-27-38(28-25-36)59-52-42(29-31-47-50(52)40-20-12-14-22-46(40)60-47)49-39-19-11-10-18-35(39)32-45-51(49)57(59)54-53(41-21-13-15-23-48(41)61-54)58(45)44-30-26-37(56(4,5)6)33-43(44)34-16-8-7-9-17-34/h7-33H,1-6H3. The third-order valence-corrected chi connectivity index (χ3v) is 14.3. The first-order chi connectivity index (χ1) is 29.5.